The van der Waals surface area contributed by atoms with Crippen molar-refractivity contribution in [1.82, 2.24) is 9.88 Å². The first-order valence-electron chi connectivity index (χ1n) is 7.59. The molecule has 22 heavy (non-hydrogen) atoms. The standard InChI is InChI=1S/C17H20N2O2S/c1-12-18-16(11-22-12)14-4-2-13(3-5-14)10-17(21)19(8-9-20)15-6-7-15/h2-5,11,15,20H,6-10H2,1H3. The lowest BCUT2D eigenvalue weighted by Crippen LogP contribution is -2.36. The van der Waals surface area contributed by atoms with Crippen LogP contribution in [0.2, 0.25) is 0 Å². The predicted octanol–water partition coefficient (Wildman–Crippen LogP) is 2.64. The summed E-state index contributed by atoms with van der Waals surface area (Å²) in [5, 5.41) is 12.2. The maximum atomic E-state index is 12.3. The van der Waals surface area contributed by atoms with Crippen molar-refractivity contribution in [2.24, 2.45) is 0 Å². The third-order valence-electron chi connectivity index (χ3n) is 3.87. The number of aliphatic hydroxyl groups excluding tert-OH is 1. The van der Waals surface area contributed by atoms with Crippen molar-refractivity contribution in [1.29, 1.82) is 0 Å². The van der Waals surface area contributed by atoms with Crippen LogP contribution in [0.25, 0.3) is 11.3 Å². The molecule has 1 N–H and O–H groups in total. The molecule has 1 heterocycles. The minimum Gasteiger partial charge on any atom is -0.395 e. The number of carbonyl (C=O) groups excluding carboxylic acids is 1. The first-order valence-corrected chi connectivity index (χ1v) is 8.47. The van der Waals surface area contributed by atoms with E-state index in [4.69, 9.17) is 5.11 Å². The van der Waals surface area contributed by atoms with Gasteiger partial charge in [-0.25, -0.2) is 4.98 Å². The lowest BCUT2D eigenvalue weighted by Gasteiger charge is -2.21. The summed E-state index contributed by atoms with van der Waals surface area (Å²) in [5.74, 6) is 0.105. The van der Waals surface area contributed by atoms with Gasteiger partial charge in [-0.05, 0) is 25.3 Å². The first kappa shape index (κ1) is 15.2. The fraction of sp³-hybridized carbons (Fsp3) is 0.412. The van der Waals surface area contributed by atoms with Crippen LogP contribution in [0, 0.1) is 6.92 Å². The molecule has 0 saturated heterocycles. The fourth-order valence-electron chi connectivity index (χ4n) is 2.57. The number of aliphatic hydroxyl groups is 1. The molecule has 1 aromatic heterocycles. The second kappa shape index (κ2) is 6.58. The normalized spacial score (nSPS) is 14.1. The van der Waals surface area contributed by atoms with Crippen molar-refractivity contribution in [3.8, 4) is 11.3 Å². The smallest absolute Gasteiger partial charge is 0.227 e. The Kier molecular flexibility index (Phi) is 4.55. The zero-order valence-corrected chi connectivity index (χ0v) is 13.5. The van der Waals surface area contributed by atoms with E-state index in [1.807, 2.05) is 41.5 Å². The molecule has 0 bridgehead atoms. The number of carbonyl (C=O) groups is 1. The van der Waals surface area contributed by atoms with E-state index in [1.54, 1.807) is 11.3 Å². The van der Waals surface area contributed by atoms with Crippen molar-refractivity contribution >= 4 is 17.2 Å². The molecule has 0 atom stereocenters. The third-order valence-corrected chi connectivity index (χ3v) is 4.65. The average Bonchev–Trinajstić information content (AvgIpc) is 3.26. The minimum absolute atomic E-state index is 0.0321. The van der Waals surface area contributed by atoms with Gasteiger partial charge in [-0.15, -0.1) is 11.3 Å². The maximum absolute atomic E-state index is 12.3. The zero-order valence-electron chi connectivity index (χ0n) is 12.7. The Bertz CT molecular complexity index is 647. The second-order valence-electron chi connectivity index (χ2n) is 5.67. The lowest BCUT2D eigenvalue weighted by molar-refractivity contribution is -0.131. The van der Waals surface area contributed by atoms with Gasteiger partial charge in [-0.1, -0.05) is 24.3 Å². The van der Waals surface area contributed by atoms with E-state index in [-0.39, 0.29) is 12.5 Å². The van der Waals surface area contributed by atoms with Crippen LogP contribution in [0.5, 0.6) is 0 Å². The van der Waals surface area contributed by atoms with E-state index in [0.29, 0.717) is 19.0 Å². The van der Waals surface area contributed by atoms with Crippen molar-refractivity contribution in [2.45, 2.75) is 32.2 Å². The molecule has 0 spiro atoms. The summed E-state index contributed by atoms with van der Waals surface area (Å²) in [6.07, 6.45) is 2.52. The van der Waals surface area contributed by atoms with Gasteiger partial charge in [0.25, 0.3) is 0 Å². The molecule has 1 aromatic carbocycles. The number of rotatable bonds is 6. The SMILES string of the molecule is Cc1nc(-c2ccc(CC(=O)N(CCO)C3CC3)cc2)cs1. The van der Waals surface area contributed by atoms with Crippen LogP contribution < -0.4 is 0 Å². The van der Waals surface area contributed by atoms with Crippen LogP contribution in [0.4, 0.5) is 0 Å². The number of aromatic nitrogens is 1. The number of hydrogen-bond acceptors (Lipinski definition) is 4. The van der Waals surface area contributed by atoms with Crippen molar-refractivity contribution in [3.63, 3.8) is 0 Å². The highest BCUT2D eigenvalue weighted by Crippen LogP contribution is 2.27. The summed E-state index contributed by atoms with van der Waals surface area (Å²) in [6, 6.07) is 8.37. The van der Waals surface area contributed by atoms with Crippen molar-refractivity contribution in [2.75, 3.05) is 13.2 Å². The topological polar surface area (TPSA) is 53.4 Å². The molecule has 116 valence electrons. The highest BCUT2D eigenvalue weighted by Gasteiger charge is 2.31. The third kappa shape index (κ3) is 3.54. The monoisotopic (exact) mass is 316 g/mol. The molecule has 5 heteroatoms. The van der Waals surface area contributed by atoms with Gasteiger partial charge in [0, 0.05) is 23.5 Å². The van der Waals surface area contributed by atoms with E-state index < -0.39 is 0 Å². The highest BCUT2D eigenvalue weighted by atomic mass is 32.1. The molecule has 1 aliphatic carbocycles. The molecule has 1 saturated carbocycles. The predicted molar refractivity (Wildman–Crippen MR) is 87.8 cm³/mol. The van der Waals surface area contributed by atoms with Crippen LogP contribution >= 0.6 is 11.3 Å². The van der Waals surface area contributed by atoms with Crippen LogP contribution in [-0.4, -0.2) is 40.1 Å². The summed E-state index contributed by atoms with van der Waals surface area (Å²) in [7, 11) is 0. The number of benzene rings is 1. The number of amides is 1. The van der Waals surface area contributed by atoms with E-state index in [2.05, 4.69) is 4.98 Å². The van der Waals surface area contributed by atoms with Crippen molar-refractivity contribution in [3.05, 3.63) is 40.2 Å². The van der Waals surface area contributed by atoms with Crippen LogP contribution in [-0.2, 0) is 11.2 Å². The van der Waals surface area contributed by atoms with Crippen LogP contribution in [0.1, 0.15) is 23.4 Å². The van der Waals surface area contributed by atoms with Gasteiger partial charge >= 0.3 is 0 Å². The molecule has 1 aliphatic rings. The Morgan fingerprint density at radius 2 is 2.09 bits per heavy atom. The molecular formula is C17H20N2O2S. The minimum atomic E-state index is 0.0321. The van der Waals surface area contributed by atoms with E-state index in [1.165, 1.54) is 0 Å². The molecule has 0 aliphatic heterocycles. The lowest BCUT2D eigenvalue weighted by atomic mass is 10.1. The quantitative estimate of drug-likeness (QED) is 0.891. The largest absolute Gasteiger partial charge is 0.395 e. The van der Waals surface area contributed by atoms with Gasteiger partial charge in [0.1, 0.15) is 0 Å². The number of nitrogens with zero attached hydrogens (tertiary/aromatic N) is 2. The van der Waals surface area contributed by atoms with Gasteiger partial charge in [0.15, 0.2) is 0 Å². The second-order valence-corrected chi connectivity index (χ2v) is 6.73. The van der Waals surface area contributed by atoms with Gasteiger partial charge in [0.2, 0.25) is 5.91 Å². The van der Waals surface area contributed by atoms with E-state index in [9.17, 15) is 4.79 Å². The van der Waals surface area contributed by atoms with Gasteiger partial charge < -0.3 is 10.0 Å². The Morgan fingerprint density at radius 1 is 1.36 bits per heavy atom. The summed E-state index contributed by atoms with van der Waals surface area (Å²) in [5.41, 5.74) is 3.07. The summed E-state index contributed by atoms with van der Waals surface area (Å²) < 4.78 is 0. The first-order chi connectivity index (χ1) is 10.7. The van der Waals surface area contributed by atoms with Crippen LogP contribution in [0.15, 0.2) is 29.6 Å². The maximum Gasteiger partial charge on any atom is 0.227 e. The van der Waals surface area contributed by atoms with Gasteiger partial charge in [-0.3, -0.25) is 4.79 Å². The fourth-order valence-corrected chi connectivity index (χ4v) is 3.19. The molecule has 0 unspecified atom stereocenters. The molecule has 1 amide bonds. The molecule has 0 radical (unpaired) electrons. The van der Waals surface area contributed by atoms with Gasteiger partial charge in [0.05, 0.1) is 23.7 Å². The summed E-state index contributed by atoms with van der Waals surface area (Å²) in [6.45, 7) is 2.47. The Hall–Kier alpha value is -1.72. The molecule has 3 rings (SSSR count). The molecular weight excluding hydrogens is 296 g/mol. The van der Waals surface area contributed by atoms with Crippen LogP contribution in [0.3, 0.4) is 0 Å². The molecule has 2 aromatic rings. The average molecular weight is 316 g/mol. The van der Waals surface area contributed by atoms with Gasteiger partial charge in [-0.2, -0.15) is 0 Å². The molecule has 1 fully saturated rings. The number of hydrogen-bond donors (Lipinski definition) is 1. The summed E-state index contributed by atoms with van der Waals surface area (Å²) >= 11 is 1.64. The summed E-state index contributed by atoms with van der Waals surface area (Å²) in [4.78, 5) is 18.6. The Morgan fingerprint density at radius 3 is 2.64 bits per heavy atom. The number of thiazole rings is 1. The Balaban J connectivity index is 1.66. The molecule has 4 nitrogen and oxygen atoms in total. The van der Waals surface area contributed by atoms with Crippen molar-refractivity contribution < 1.29 is 9.90 Å². The van der Waals surface area contributed by atoms with E-state index in [0.717, 1.165) is 34.7 Å². The van der Waals surface area contributed by atoms with E-state index >= 15 is 0 Å². The highest BCUT2D eigenvalue weighted by molar-refractivity contribution is 7.09. The Labute approximate surface area is 134 Å². The number of aryl methyl sites for hydroxylation is 1. The zero-order chi connectivity index (χ0) is 15.5.